The zero-order chi connectivity index (χ0) is 15.0. The van der Waals surface area contributed by atoms with E-state index in [0.717, 1.165) is 18.9 Å². The fraction of sp³-hybridized carbons (Fsp3) is 0.474. The normalized spacial score (nSPS) is 16.0. The molecule has 0 radical (unpaired) electrons. The van der Waals surface area contributed by atoms with E-state index in [0.29, 0.717) is 13.2 Å². The van der Waals surface area contributed by atoms with Gasteiger partial charge in [0.2, 0.25) is 0 Å². The van der Waals surface area contributed by atoms with Crippen molar-refractivity contribution in [1.82, 2.24) is 4.90 Å². The third kappa shape index (κ3) is 4.21. The van der Waals surface area contributed by atoms with Crippen molar-refractivity contribution in [3.8, 4) is 5.75 Å². The Bertz CT molecular complexity index is 573. The van der Waals surface area contributed by atoms with Gasteiger partial charge in [-0.25, -0.2) is 0 Å². The molecule has 0 aromatic heterocycles. The van der Waals surface area contributed by atoms with E-state index in [-0.39, 0.29) is 0 Å². The summed E-state index contributed by atoms with van der Waals surface area (Å²) in [6.07, 6.45) is 4.06. The van der Waals surface area contributed by atoms with Gasteiger partial charge in [0.15, 0.2) is 0 Å². The zero-order valence-corrected chi connectivity index (χ0v) is 13.2. The van der Waals surface area contributed by atoms with Gasteiger partial charge >= 0.3 is 0 Å². The molecule has 0 amide bonds. The maximum absolute atomic E-state index is 5.87. The Labute approximate surface area is 132 Å². The van der Waals surface area contributed by atoms with Crippen molar-refractivity contribution in [2.45, 2.75) is 19.3 Å². The number of hydrogen-bond acceptors (Lipinski definition) is 3. The van der Waals surface area contributed by atoms with Gasteiger partial charge in [0.1, 0.15) is 12.4 Å². The largest absolute Gasteiger partial charge is 0.491 e. The van der Waals surface area contributed by atoms with Crippen molar-refractivity contribution in [3.05, 3.63) is 42.5 Å². The molecule has 3 heteroatoms. The summed E-state index contributed by atoms with van der Waals surface area (Å²) in [5, 5.41) is 2.38. The standard InChI is InChI=1S/C19H25NO2/c1-4-11-20(12-5-1)13-14-21-15-16-22-19-10-6-8-17-7-2-3-9-18(17)19/h2-3,6-10H,1,4-5,11-16H2. The Morgan fingerprint density at radius 2 is 1.64 bits per heavy atom. The molecule has 0 saturated carbocycles. The van der Waals surface area contributed by atoms with E-state index in [1.54, 1.807) is 0 Å². The van der Waals surface area contributed by atoms with Gasteiger partial charge in [-0.3, -0.25) is 0 Å². The minimum atomic E-state index is 0.605. The first kappa shape index (κ1) is 15.3. The van der Waals surface area contributed by atoms with Crippen LogP contribution in [0.1, 0.15) is 19.3 Å². The first-order valence-electron chi connectivity index (χ1n) is 8.34. The summed E-state index contributed by atoms with van der Waals surface area (Å²) in [5.74, 6) is 0.942. The summed E-state index contributed by atoms with van der Waals surface area (Å²) >= 11 is 0. The highest BCUT2D eigenvalue weighted by Gasteiger charge is 2.09. The number of benzene rings is 2. The number of ether oxygens (including phenoxy) is 2. The Balaban J connectivity index is 1.37. The fourth-order valence-corrected chi connectivity index (χ4v) is 3.01. The van der Waals surface area contributed by atoms with Crippen LogP contribution in [0.4, 0.5) is 0 Å². The molecule has 2 aromatic carbocycles. The molecule has 1 aliphatic heterocycles. The third-order valence-corrected chi connectivity index (χ3v) is 4.24. The third-order valence-electron chi connectivity index (χ3n) is 4.24. The van der Waals surface area contributed by atoms with Crippen LogP contribution in [0, 0.1) is 0 Å². The SMILES string of the molecule is c1ccc2c(OCCOCCN3CCCCC3)cccc2c1. The van der Waals surface area contributed by atoms with E-state index in [4.69, 9.17) is 9.47 Å². The lowest BCUT2D eigenvalue weighted by atomic mass is 10.1. The van der Waals surface area contributed by atoms with Crippen molar-refractivity contribution in [1.29, 1.82) is 0 Å². The molecular formula is C19H25NO2. The Morgan fingerprint density at radius 1 is 0.818 bits per heavy atom. The lowest BCUT2D eigenvalue weighted by Gasteiger charge is -2.26. The lowest BCUT2D eigenvalue weighted by Crippen LogP contribution is -2.32. The summed E-state index contributed by atoms with van der Waals surface area (Å²) in [6.45, 7) is 5.57. The molecule has 0 aliphatic carbocycles. The van der Waals surface area contributed by atoms with E-state index >= 15 is 0 Å². The molecule has 0 unspecified atom stereocenters. The maximum atomic E-state index is 5.87. The average Bonchev–Trinajstić information content (AvgIpc) is 2.59. The van der Waals surface area contributed by atoms with E-state index in [1.807, 2.05) is 18.2 Å². The predicted octanol–water partition coefficient (Wildman–Crippen LogP) is 3.72. The number of hydrogen-bond donors (Lipinski definition) is 0. The van der Waals surface area contributed by atoms with Gasteiger partial charge in [0, 0.05) is 11.9 Å². The number of fused-ring (bicyclic) bond motifs is 1. The van der Waals surface area contributed by atoms with E-state index in [9.17, 15) is 0 Å². The molecule has 3 rings (SSSR count). The molecule has 0 spiro atoms. The van der Waals surface area contributed by atoms with Crippen molar-refractivity contribution >= 4 is 10.8 Å². The van der Waals surface area contributed by atoms with Gasteiger partial charge in [-0.15, -0.1) is 0 Å². The fourth-order valence-electron chi connectivity index (χ4n) is 3.01. The highest BCUT2D eigenvalue weighted by Crippen LogP contribution is 2.24. The first-order chi connectivity index (χ1) is 10.9. The van der Waals surface area contributed by atoms with Crippen LogP contribution in [-0.4, -0.2) is 44.4 Å². The molecule has 0 bridgehead atoms. The molecule has 2 aromatic rings. The lowest BCUT2D eigenvalue weighted by molar-refractivity contribution is 0.0754. The van der Waals surface area contributed by atoms with Gasteiger partial charge < -0.3 is 14.4 Å². The van der Waals surface area contributed by atoms with Gasteiger partial charge in [0.05, 0.1) is 13.2 Å². The summed E-state index contributed by atoms with van der Waals surface area (Å²) in [5.41, 5.74) is 0. The smallest absolute Gasteiger partial charge is 0.127 e. The summed E-state index contributed by atoms with van der Waals surface area (Å²) in [7, 11) is 0. The Hall–Kier alpha value is -1.58. The van der Waals surface area contributed by atoms with Crippen LogP contribution < -0.4 is 4.74 Å². The van der Waals surface area contributed by atoms with Crippen LogP contribution in [0.3, 0.4) is 0 Å². The van der Waals surface area contributed by atoms with Crippen LogP contribution in [0.5, 0.6) is 5.75 Å². The van der Waals surface area contributed by atoms with Crippen molar-refractivity contribution in [2.75, 3.05) is 39.5 Å². The zero-order valence-electron chi connectivity index (χ0n) is 13.2. The second kappa shape index (κ2) is 8.16. The van der Waals surface area contributed by atoms with Crippen LogP contribution >= 0.6 is 0 Å². The summed E-state index contributed by atoms with van der Waals surface area (Å²) in [6, 6.07) is 14.5. The molecule has 118 valence electrons. The van der Waals surface area contributed by atoms with Crippen molar-refractivity contribution in [3.63, 3.8) is 0 Å². The van der Waals surface area contributed by atoms with Gasteiger partial charge in [-0.2, -0.15) is 0 Å². The molecular weight excluding hydrogens is 274 g/mol. The van der Waals surface area contributed by atoms with Crippen LogP contribution in [0.2, 0.25) is 0 Å². The molecule has 22 heavy (non-hydrogen) atoms. The highest BCUT2D eigenvalue weighted by atomic mass is 16.5. The van der Waals surface area contributed by atoms with Crippen LogP contribution in [-0.2, 0) is 4.74 Å². The minimum absolute atomic E-state index is 0.605. The number of nitrogens with zero attached hydrogens (tertiary/aromatic N) is 1. The van der Waals surface area contributed by atoms with Gasteiger partial charge in [-0.1, -0.05) is 42.8 Å². The first-order valence-corrected chi connectivity index (χ1v) is 8.34. The van der Waals surface area contributed by atoms with E-state index in [1.165, 1.54) is 43.1 Å². The van der Waals surface area contributed by atoms with Crippen molar-refractivity contribution in [2.24, 2.45) is 0 Å². The second-order valence-corrected chi connectivity index (χ2v) is 5.84. The molecule has 1 heterocycles. The van der Waals surface area contributed by atoms with Crippen LogP contribution in [0.15, 0.2) is 42.5 Å². The highest BCUT2D eigenvalue weighted by molar-refractivity contribution is 5.88. The van der Waals surface area contributed by atoms with E-state index in [2.05, 4.69) is 29.2 Å². The average molecular weight is 299 g/mol. The quantitative estimate of drug-likeness (QED) is 0.727. The molecule has 1 saturated heterocycles. The van der Waals surface area contributed by atoms with E-state index < -0.39 is 0 Å². The molecule has 0 N–H and O–H groups in total. The molecule has 3 nitrogen and oxygen atoms in total. The number of likely N-dealkylation sites (tertiary alicyclic amines) is 1. The predicted molar refractivity (Wildman–Crippen MR) is 90.6 cm³/mol. The van der Waals surface area contributed by atoms with Gasteiger partial charge in [0.25, 0.3) is 0 Å². The molecule has 1 fully saturated rings. The van der Waals surface area contributed by atoms with Gasteiger partial charge in [-0.05, 0) is 37.4 Å². The minimum Gasteiger partial charge on any atom is -0.491 e. The Morgan fingerprint density at radius 3 is 2.55 bits per heavy atom. The maximum Gasteiger partial charge on any atom is 0.127 e. The van der Waals surface area contributed by atoms with Crippen LogP contribution in [0.25, 0.3) is 10.8 Å². The van der Waals surface area contributed by atoms with Crippen molar-refractivity contribution < 1.29 is 9.47 Å². The monoisotopic (exact) mass is 299 g/mol. The molecule has 1 aliphatic rings. The second-order valence-electron chi connectivity index (χ2n) is 5.84. The number of rotatable bonds is 7. The topological polar surface area (TPSA) is 21.7 Å². The summed E-state index contributed by atoms with van der Waals surface area (Å²) < 4.78 is 11.6. The Kier molecular flexibility index (Phi) is 5.68. The molecule has 0 atom stereocenters. The number of piperidine rings is 1. The summed E-state index contributed by atoms with van der Waals surface area (Å²) in [4.78, 5) is 2.50.